The molecule has 0 amide bonds. The van der Waals surface area contributed by atoms with E-state index in [1.165, 1.54) is 6.20 Å². The molecule has 0 aliphatic rings. The highest BCUT2D eigenvalue weighted by atomic mass is 79.9. The van der Waals surface area contributed by atoms with Crippen LogP contribution in [0.1, 0.15) is 0 Å². The minimum absolute atomic E-state index is 0.290. The molecule has 62 valence electrons. The highest BCUT2D eigenvalue weighted by Crippen LogP contribution is 2.29. The molecule has 2 aromatic rings. The molecule has 0 atom stereocenters. The van der Waals surface area contributed by atoms with E-state index in [-0.39, 0.29) is 5.82 Å². The number of benzene rings is 1. The van der Waals surface area contributed by atoms with Crippen molar-refractivity contribution in [2.45, 2.75) is 0 Å². The molecule has 0 spiro atoms. The summed E-state index contributed by atoms with van der Waals surface area (Å²) in [5.41, 5.74) is 0.677. The number of nitrogens with zero attached hydrogens (tertiary/aromatic N) is 1. The maximum Gasteiger partial charge on any atom is 0.148 e. The van der Waals surface area contributed by atoms with Gasteiger partial charge in [-0.25, -0.2) is 4.39 Å². The number of aromatic amines is 1. The summed E-state index contributed by atoms with van der Waals surface area (Å²) in [6.45, 7) is 0. The Morgan fingerprint density at radius 2 is 2.08 bits per heavy atom. The van der Waals surface area contributed by atoms with Crippen LogP contribution in [0.25, 0.3) is 10.9 Å². The number of halogens is 3. The molecule has 0 fully saturated rings. The second-order valence-electron chi connectivity index (χ2n) is 2.31. The number of aromatic nitrogens is 2. The van der Waals surface area contributed by atoms with Crippen molar-refractivity contribution in [3.63, 3.8) is 0 Å². The zero-order chi connectivity index (χ0) is 8.72. The first-order valence-corrected chi connectivity index (χ1v) is 4.75. The van der Waals surface area contributed by atoms with Crippen molar-refractivity contribution < 1.29 is 4.39 Å². The summed E-state index contributed by atoms with van der Waals surface area (Å²) in [6, 6.07) is 1.65. The fourth-order valence-corrected chi connectivity index (χ4v) is 2.29. The topological polar surface area (TPSA) is 28.7 Å². The minimum Gasteiger partial charge on any atom is -0.277 e. The Morgan fingerprint density at radius 3 is 2.83 bits per heavy atom. The van der Waals surface area contributed by atoms with Crippen molar-refractivity contribution >= 4 is 42.8 Å². The van der Waals surface area contributed by atoms with E-state index in [9.17, 15) is 4.39 Å². The molecule has 2 nitrogen and oxygen atoms in total. The quantitative estimate of drug-likeness (QED) is 0.742. The molecule has 0 aliphatic heterocycles. The van der Waals surface area contributed by atoms with Crippen LogP contribution in [-0.4, -0.2) is 10.2 Å². The molecule has 1 aromatic carbocycles. The van der Waals surface area contributed by atoms with Crippen LogP contribution in [0.5, 0.6) is 0 Å². The van der Waals surface area contributed by atoms with Crippen molar-refractivity contribution in [2.24, 2.45) is 0 Å². The predicted octanol–water partition coefficient (Wildman–Crippen LogP) is 3.23. The molecule has 2 rings (SSSR count). The van der Waals surface area contributed by atoms with E-state index in [0.717, 1.165) is 4.47 Å². The summed E-state index contributed by atoms with van der Waals surface area (Å²) in [6.07, 6.45) is 1.46. The Labute approximate surface area is 84.4 Å². The normalized spacial score (nSPS) is 10.9. The average Bonchev–Trinajstić information content (AvgIpc) is 2.48. The summed E-state index contributed by atoms with van der Waals surface area (Å²) in [5.74, 6) is -0.290. The van der Waals surface area contributed by atoms with Gasteiger partial charge >= 0.3 is 0 Å². The lowest BCUT2D eigenvalue weighted by Gasteiger charge is -1.97. The third-order valence-electron chi connectivity index (χ3n) is 1.58. The van der Waals surface area contributed by atoms with Crippen LogP contribution in [0.4, 0.5) is 4.39 Å². The Hall–Kier alpha value is -0.420. The van der Waals surface area contributed by atoms with Crippen LogP contribution in [0.15, 0.2) is 21.2 Å². The van der Waals surface area contributed by atoms with Crippen LogP contribution in [0.2, 0.25) is 0 Å². The second-order valence-corrected chi connectivity index (χ2v) is 4.02. The Kier molecular flexibility index (Phi) is 1.92. The minimum atomic E-state index is -0.290. The molecule has 0 unspecified atom stereocenters. The molecule has 5 heteroatoms. The summed E-state index contributed by atoms with van der Waals surface area (Å²) >= 11 is 6.40. The lowest BCUT2D eigenvalue weighted by atomic mass is 10.2. The first kappa shape index (κ1) is 8.19. The van der Waals surface area contributed by atoms with Crippen molar-refractivity contribution in [2.75, 3.05) is 0 Å². The number of nitrogens with one attached hydrogen (secondary N) is 1. The summed E-state index contributed by atoms with van der Waals surface area (Å²) < 4.78 is 14.5. The smallest absolute Gasteiger partial charge is 0.148 e. The van der Waals surface area contributed by atoms with Crippen LogP contribution in [0, 0.1) is 5.82 Å². The summed E-state index contributed by atoms with van der Waals surface area (Å²) in [4.78, 5) is 0. The van der Waals surface area contributed by atoms with Gasteiger partial charge in [0.15, 0.2) is 0 Å². The highest BCUT2D eigenvalue weighted by molar-refractivity contribution is 9.11. The van der Waals surface area contributed by atoms with E-state index in [1.54, 1.807) is 6.07 Å². The molecule has 0 saturated heterocycles. The van der Waals surface area contributed by atoms with Crippen molar-refractivity contribution in [3.8, 4) is 0 Å². The molecule has 12 heavy (non-hydrogen) atoms. The molecule has 1 N–H and O–H groups in total. The molecular weight excluding hydrogens is 291 g/mol. The second kappa shape index (κ2) is 2.81. The van der Waals surface area contributed by atoms with E-state index < -0.39 is 0 Å². The van der Waals surface area contributed by atoms with Gasteiger partial charge in [-0.2, -0.15) is 5.10 Å². The van der Waals surface area contributed by atoms with E-state index in [1.807, 2.05) is 0 Å². The monoisotopic (exact) mass is 292 g/mol. The van der Waals surface area contributed by atoms with Gasteiger partial charge in [0.1, 0.15) is 5.82 Å². The highest BCUT2D eigenvalue weighted by Gasteiger charge is 2.09. The van der Waals surface area contributed by atoms with Crippen LogP contribution in [-0.2, 0) is 0 Å². The molecule has 0 bridgehead atoms. The van der Waals surface area contributed by atoms with E-state index in [4.69, 9.17) is 0 Å². The summed E-state index contributed by atoms with van der Waals surface area (Å²) in [5, 5.41) is 6.93. The zero-order valence-electron chi connectivity index (χ0n) is 5.74. The van der Waals surface area contributed by atoms with E-state index in [0.29, 0.717) is 15.4 Å². The van der Waals surface area contributed by atoms with Gasteiger partial charge in [0, 0.05) is 4.47 Å². The van der Waals surface area contributed by atoms with Crippen molar-refractivity contribution in [1.29, 1.82) is 0 Å². The third kappa shape index (κ3) is 1.08. The zero-order valence-corrected chi connectivity index (χ0v) is 8.91. The number of H-pyrrole nitrogens is 1. The standard InChI is InChI=1S/C7H3Br2FN2/c8-4-1-5(9)7-3(6(4)10)2-11-12-7/h1-2H,(H,11,12). The summed E-state index contributed by atoms with van der Waals surface area (Å²) in [7, 11) is 0. The fourth-order valence-electron chi connectivity index (χ4n) is 1.01. The van der Waals surface area contributed by atoms with Gasteiger partial charge < -0.3 is 0 Å². The van der Waals surface area contributed by atoms with E-state index in [2.05, 4.69) is 42.1 Å². The van der Waals surface area contributed by atoms with E-state index >= 15 is 0 Å². The molecule has 0 aliphatic carbocycles. The first-order chi connectivity index (χ1) is 5.70. The van der Waals surface area contributed by atoms with Gasteiger partial charge in [-0.05, 0) is 37.9 Å². The molecular formula is C7H3Br2FN2. The molecule has 1 aromatic heterocycles. The number of fused-ring (bicyclic) bond motifs is 1. The number of hydrogen-bond donors (Lipinski definition) is 1. The Bertz CT molecular complexity index is 438. The number of hydrogen-bond acceptors (Lipinski definition) is 1. The fraction of sp³-hybridized carbons (Fsp3) is 0. The lowest BCUT2D eigenvalue weighted by molar-refractivity contribution is 0.633. The van der Waals surface area contributed by atoms with Gasteiger partial charge in [0.25, 0.3) is 0 Å². The van der Waals surface area contributed by atoms with Crippen LogP contribution in [0.3, 0.4) is 0 Å². The Morgan fingerprint density at radius 1 is 1.33 bits per heavy atom. The molecule has 0 saturated carbocycles. The molecule has 0 radical (unpaired) electrons. The van der Waals surface area contributed by atoms with Gasteiger partial charge in [-0.15, -0.1) is 0 Å². The predicted molar refractivity (Wildman–Crippen MR) is 51.5 cm³/mol. The molecule has 1 heterocycles. The van der Waals surface area contributed by atoms with Gasteiger partial charge in [0.2, 0.25) is 0 Å². The van der Waals surface area contributed by atoms with Gasteiger partial charge in [-0.1, -0.05) is 0 Å². The first-order valence-electron chi connectivity index (χ1n) is 3.16. The van der Waals surface area contributed by atoms with Crippen molar-refractivity contribution in [3.05, 3.63) is 27.0 Å². The lowest BCUT2D eigenvalue weighted by Crippen LogP contribution is -1.80. The Balaban J connectivity index is 2.97. The maximum atomic E-state index is 13.3. The largest absolute Gasteiger partial charge is 0.277 e. The van der Waals surface area contributed by atoms with Gasteiger partial charge in [-0.3, -0.25) is 5.10 Å². The van der Waals surface area contributed by atoms with Gasteiger partial charge in [0.05, 0.1) is 21.6 Å². The van der Waals surface area contributed by atoms with Crippen molar-refractivity contribution in [1.82, 2.24) is 10.2 Å². The third-order valence-corrected chi connectivity index (χ3v) is 2.78. The average molecular weight is 294 g/mol. The van der Waals surface area contributed by atoms with Crippen LogP contribution >= 0.6 is 31.9 Å². The number of rotatable bonds is 0. The van der Waals surface area contributed by atoms with Crippen LogP contribution < -0.4 is 0 Å². The maximum absolute atomic E-state index is 13.3. The SMILES string of the molecule is Fc1c(Br)cc(Br)c2[nH]ncc12.